The minimum atomic E-state index is -0.740. The summed E-state index contributed by atoms with van der Waals surface area (Å²) in [5.41, 5.74) is -0.740. The molecule has 0 radical (unpaired) electrons. The number of carbonyl (C=O) groups is 1. The molecule has 0 aromatic heterocycles. The van der Waals surface area contributed by atoms with Crippen LogP contribution in [0, 0.1) is 0 Å². The highest BCUT2D eigenvalue weighted by molar-refractivity contribution is 5.80. The van der Waals surface area contributed by atoms with E-state index in [0.29, 0.717) is 13.2 Å². The molecule has 4 nitrogen and oxygen atoms in total. The van der Waals surface area contributed by atoms with E-state index >= 15 is 0 Å². The molecule has 1 atom stereocenters. The Kier molecular flexibility index (Phi) is 7.34. The zero-order chi connectivity index (χ0) is 12.6. The van der Waals surface area contributed by atoms with E-state index in [1.165, 1.54) is 0 Å². The molecule has 1 unspecified atom stereocenters. The van der Waals surface area contributed by atoms with Crippen LogP contribution in [0.2, 0.25) is 0 Å². The van der Waals surface area contributed by atoms with E-state index in [2.05, 4.69) is 12.2 Å². The van der Waals surface area contributed by atoms with Gasteiger partial charge in [0.05, 0.1) is 19.3 Å². The summed E-state index contributed by atoms with van der Waals surface area (Å²) in [6.07, 6.45) is 1.08. The standard InChI is InChI=1S/C12H25NO3/c1-6-8-13-12(5,9-16-10(3)4)11(14)15-7-2/h10,13H,6-9H2,1-5H3. The number of hydrogen-bond acceptors (Lipinski definition) is 4. The molecule has 0 saturated carbocycles. The maximum absolute atomic E-state index is 11.8. The highest BCUT2D eigenvalue weighted by Gasteiger charge is 2.34. The van der Waals surface area contributed by atoms with Crippen LogP contribution in [0.4, 0.5) is 0 Å². The molecule has 0 rings (SSSR count). The van der Waals surface area contributed by atoms with Crippen molar-refractivity contribution in [2.24, 2.45) is 0 Å². The largest absolute Gasteiger partial charge is 0.465 e. The van der Waals surface area contributed by atoms with Crippen molar-refractivity contribution >= 4 is 5.97 Å². The van der Waals surface area contributed by atoms with Crippen LogP contribution in [-0.4, -0.2) is 37.4 Å². The molecule has 1 N–H and O–H groups in total. The fourth-order valence-electron chi connectivity index (χ4n) is 1.21. The second-order valence-corrected chi connectivity index (χ2v) is 4.34. The van der Waals surface area contributed by atoms with Crippen molar-refractivity contribution in [2.45, 2.75) is 52.7 Å². The van der Waals surface area contributed by atoms with Gasteiger partial charge >= 0.3 is 5.97 Å². The summed E-state index contributed by atoms with van der Waals surface area (Å²) in [5.74, 6) is -0.246. The second-order valence-electron chi connectivity index (χ2n) is 4.34. The number of ether oxygens (including phenoxy) is 2. The summed E-state index contributed by atoms with van der Waals surface area (Å²) < 4.78 is 10.6. The fraction of sp³-hybridized carbons (Fsp3) is 0.917. The summed E-state index contributed by atoms with van der Waals surface area (Å²) in [5, 5.41) is 3.19. The molecule has 4 heteroatoms. The van der Waals surface area contributed by atoms with Gasteiger partial charge in [0.2, 0.25) is 0 Å². The molecule has 0 heterocycles. The van der Waals surface area contributed by atoms with Crippen LogP contribution >= 0.6 is 0 Å². The van der Waals surface area contributed by atoms with Gasteiger partial charge in [-0.25, -0.2) is 4.79 Å². The first-order chi connectivity index (χ1) is 7.46. The molecule has 0 fully saturated rings. The summed E-state index contributed by atoms with van der Waals surface area (Å²) in [6, 6.07) is 0. The molecule has 0 spiro atoms. The zero-order valence-corrected chi connectivity index (χ0v) is 11.1. The van der Waals surface area contributed by atoms with E-state index in [1.807, 2.05) is 20.8 Å². The number of carbonyl (C=O) groups excluding carboxylic acids is 1. The van der Waals surface area contributed by atoms with Gasteiger partial charge in [0, 0.05) is 0 Å². The van der Waals surface area contributed by atoms with Gasteiger partial charge in [0.1, 0.15) is 5.54 Å². The highest BCUT2D eigenvalue weighted by atomic mass is 16.5. The van der Waals surface area contributed by atoms with Crippen LogP contribution in [0.25, 0.3) is 0 Å². The minimum absolute atomic E-state index is 0.108. The van der Waals surface area contributed by atoms with Gasteiger partial charge in [-0.1, -0.05) is 6.92 Å². The third-order valence-electron chi connectivity index (χ3n) is 2.20. The molecule has 0 aromatic carbocycles. The van der Waals surface area contributed by atoms with Crippen LogP contribution in [0.15, 0.2) is 0 Å². The lowest BCUT2D eigenvalue weighted by Crippen LogP contribution is -2.54. The molecular formula is C12H25NO3. The minimum Gasteiger partial charge on any atom is -0.465 e. The maximum Gasteiger partial charge on any atom is 0.328 e. The Morgan fingerprint density at radius 2 is 2.00 bits per heavy atom. The Hall–Kier alpha value is -0.610. The third-order valence-corrected chi connectivity index (χ3v) is 2.20. The monoisotopic (exact) mass is 231 g/mol. The van der Waals surface area contributed by atoms with Gasteiger partial charge in [-0.05, 0) is 40.7 Å². The molecular weight excluding hydrogens is 206 g/mol. The normalized spacial score (nSPS) is 14.9. The van der Waals surface area contributed by atoms with E-state index in [-0.39, 0.29) is 12.1 Å². The Morgan fingerprint density at radius 3 is 2.44 bits per heavy atom. The summed E-state index contributed by atoms with van der Waals surface area (Å²) in [6.45, 7) is 11.1. The molecule has 0 saturated heterocycles. The summed E-state index contributed by atoms with van der Waals surface area (Å²) in [4.78, 5) is 11.8. The molecule has 0 aliphatic rings. The van der Waals surface area contributed by atoms with Crippen molar-refractivity contribution in [2.75, 3.05) is 19.8 Å². The molecule has 0 aromatic rings. The van der Waals surface area contributed by atoms with E-state index in [0.717, 1.165) is 13.0 Å². The molecule has 96 valence electrons. The molecule has 16 heavy (non-hydrogen) atoms. The Morgan fingerprint density at radius 1 is 1.38 bits per heavy atom. The van der Waals surface area contributed by atoms with Gasteiger partial charge < -0.3 is 14.8 Å². The van der Waals surface area contributed by atoms with Crippen LogP contribution in [0.3, 0.4) is 0 Å². The van der Waals surface area contributed by atoms with Gasteiger partial charge in [-0.2, -0.15) is 0 Å². The van der Waals surface area contributed by atoms with Gasteiger partial charge in [0.25, 0.3) is 0 Å². The van der Waals surface area contributed by atoms with Crippen LogP contribution in [0.1, 0.15) is 41.0 Å². The molecule has 0 aliphatic heterocycles. The van der Waals surface area contributed by atoms with E-state index in [1.54, 1.807) is 6.92 Å². The highest BCUT2D eigenvalue weighted by Crippen LogP contribution is 2.09. The Balaban J connectivity index is 4.40. The van der Waals surface area contributed by atoms with Crippen LogP contribution in [-0.2, 0) is 14.3 Å². The zero-order valence-electron chi connectivity index (χ0n) is 11.1. The Bertz CT molecular complexity index is 206. The Labute approximate surface area is 98.7 Å². The summed E-state index contributed by atoms with van der Waals surface area (Å²) >= 11 is 0. The fourth-order valence-corrected chi connectivity index (χ4v) is 1.21. The topological polar surface area (TPSA) is 47.6 Å². The predicted octanol–water partition coefficient (Wildman–Crippen LogP) is 1.73. The van der Waals surface area contributed by atoms with Crippen molar-refractivity contribution in [1.82, 2.24) is 5.32 Å². The van der Waals surface area contributed by atoms with E-state index in [4.69, 9.17) is 9.47 Å². The van der Waals surface area contributed by atoms with Crippen molar-refractivity contribution in [3.8, 4) is 0 Å². The number of rotatable bonds is 8. The lowest BCUT2D eigenvalue weighted by atomic mass is 10.0. The van der Waals surface area contributed by atoms with Crippen molar-refractivity contribution in [1.29, 1.82) is 0 Å². The van der Waals surface area contributed by atoms with E-state index < -0.39 is 5.54 Å². The van der Waals surface area contributed by atoms with Crippen LogP contribution < -0.4 is 5.32 Å². The molecule has 0 bridgehead atoms. The van der Waals surface area contributed by atoms with Crippen molar-refractivity contribution in [3.63, 3.8) is 0 Å². The second kappa shape index (κ2) is 7.63. The quantitative estimate of drug-likeness (QED) is 0.646. The van der Waals surface area contributed by atoms with Gasteiger partial charge in [-0.15, -0.1) is 0 Å². The van der Waals surface area contributed by atoms with Crippen molar-refractivity contribution in [3.05, 3.63) is 0 Å². The average molecular weight is 231 g/mol. The van der Waals surface area contributed by atoms with Crippen LogP contribution in [0.5, 0.6) is 0 Å². The molecule has 0 amide bonds. The predicted molar refractivity (Wildman–Crippen MR) is 64.4 cm³/mol. The first kappa shape index (κ1) is 15.4. The van der Waals surface area contributed by atoms with Crippen molar-refractivity contribution < 1.29 is 14.3 Å². The lowest BCUT2D eigenvalue weighted by Gasteiger charge is -2.29. The summed E-state index contributed by atoms with van der Waals surface area (Å²) in [7, 11) is 0. The van der Waals surface area contributed by atoms with Gasteiger partial charge in [0.15, 0.2) is 0 Å². The maximum atomic E-state index is 11.8. The van der Waals surface area contributed by atoms with E-state index in [9.17, 15) is 4.79 Å². The SMILES string of the molecule is CCCNC(C)(COC(C)C)C(=O)OCC. The average Bonchev–Trinajstić information content (AvgIpc) is 2.24. The third kappa shape index (κ3) is 5.47. The molecule has 0 aliphatic carbocycles. The number of hydrogen-bond donors (Lipinski definition) is 1. The van der Waals surface area contributed by atoms with Gasteiger partial charge in [-0.3, -0.25) is 0 Å². The first-order valence-corrected chi connectivity index (χ1v) is 6.00. The number of esters is 1. The smallest absolute Gasteiger partial charge is 0.328 e. The first-order valence-electron chi connectivity index (χ1n) is 6.00. The lowest BCUT2D eigenvalue weighted by molar-refractivity contribution is -0.154. The number of nitrogens with one attached hydrogen (secondary N) is 1.